The first-order chi connectivity index (χ1) is 8.03. The summed E-state index contributed by atoms with van der Waals surface area (Å²) in [5, 5.41) is 3.29. The van der Waals surface area contributed by atoms with Crippen molar-refractivity contribution in [3.63, 3.8) is 0 Å². The van der Waals surface area contributed by atoms with Crippen LogP contribution in [0.2, 0.25) is 0 Å². The Morgan fingerprint density at radius 3 is 2.71 bits per heavy atom. The number of nitrogens with zero attached hydrogens (tertiary/aromatic N) is 1. The second-order valence-corrected chi connectivity index (χ2v) is 7.29. The molecule has 5 heteroatoms. The fourth-order valence-corrected chi connectivity index (χ4v) is 3.67. The van der Waals surface area contributed by atoms with Crippen molar-refractivity contribution in [3.05, 3.63) is 0 Å². The Hall–Kier alpha value is -0.130. The molecule has 0 aliphatic carbocycles. The lowest BCUT2D eigenvalue weighted by molar-refractivity contribution is 0.303. The molecule has 0 bridgehead atoms. The van der Waals surface area contributed by atoms with E-state index in [1.807, 2.05) is 0 Å². The predicted molar refractivity (Wildman–Crippen MR) is 72.1 cm³/mol. The molecule has 0 aromatic carbocycles. The molecule has 1 heterocycles. The quantitative estimate of drug-likeness (QED) is 0.692. The third-order valence-corrected chi connectivity index (χ3v) is 5.04. The van der Waals surface area contributed by atoms with Crippen molar-refractivity contribution in [3.8, 4) is 0 Å². The molecule has 0 aromatic heterocycles. The Bertz CT molecular complexity index is 304. The maximum absolute atomic E-state index is 11.5. The molecule has 0 spiro atoms. The normalized spacial score (nSPS) is 24.1. The van der Waals surface area contributed by atoms with Gasteiger partial charge in [0.2, 0.25) is 0 Å². The molecule has 0 aromatic rings. The molecular formula is C12H26N2O2S. The molecule has 1 saturated heterocycles. The van der Waals surface area contributed by atoms with E-state index in [0.717, 1.165) is 19.5 Å². The van der Waals surface area contributed by atoms with Crippen LogP contribution in [-0.2, 0) is 9.84 Å². The summed E-state index contributed by atoms with van der Waals surface area (Å²) in [5.74, 6) is 0.617. The van der Waals surface area contributed by atoms with Gasteiger partial charge in [0.25, 0.3) is 0 Å². The summed E-state index contributed by atoms with van der Waals surface area (Å²) in [6.07, 6.45) is 4.70. The van der Waals surface area contributed by atoms with E-state index in [4.69, 9.17) is 0 Å². The van der Waals surface area contributed by atoms with Crippen LogP contribution in [0.4, 0.5) is 0 Å². The van der Waals surface area contributed by atoms with E-state index in [0.29, 0.717) is 18.1 Å². The van der Waals surface area contributed by atoms with E-state index in [9.17, 15) is 8.42 Å². The average molecular weight is 262 g/mol. The van der Waals surface area contributed by atoms with Gasteiger partial charge in [-0.2, -0.15) is 0 Å². The van der Waals surface area contributed by atoms with E-state index >= 15 is 0 Å². The largest absolute Gasteiger partial charge is 0.312 e. The van der Waals surface area contributed by atoms with Gasteiger partial charge in [0.15, 0.2) is 9.84 Å². The van der Waals surface area contributed by atoms with Gasteiger partial charge in [-0.1, -0.05) is 19.8 Å². The van der Waals surface area contributed by atoms with Crippen molar-refractivity contribution in [1.82, 2.24) is 10.2 Å². The smallest absolute Gasteiger partial charge is 0.153 e. The fourth-order valence-electron chi connectivity index (χ4n) is 2.17. The molecule has 1 aliphatic rings. The number of sulfone groups is 1. The van der Waals surface area contributed by atoms with Gasteiger partial charge in [-0.15, -0.1) is 0 Å². The van der Waals surface area contributed by atoms with E-state index in [1.54, 1.807) is 0 Å². The molecule has 1 unspecified atom stereocenters. The molecular weight excluding hydrogens is 236 g/mol. The molecule has 0 saturated carbocycles. The maximum Gasteiger partial charge on any atom is 0.153 e. The summed E-state index contributed by atoms with van der Waals surface area (Å²) >= 11 is 0. The van der Waals surface area contributed by atoms with Gasteiger partial charge in [0.05, 0.1) is 11.5 Å². The standard InChI is InChI=1S/C12H26N2O2S/c1-3-4-5-8-14(2)9-6-12-11-17(15,16)10-7-13-12/h12-13H,3-11H2,1-2H3. The Morgan fingerprint density at radius 2 is 2.06 bits per heavy atom. The van der Waals surface area contributed by atoms with Crippen LogP contribution >= 0.6 is 0 Å². The molecule has 1 N–H and O–H groups in total. The first kappa shape index (κ1) is 14.9. The van der Waals surface area contributed by atoms with Crippen LogP contribution in [0, 0.1) is 0 Å². The molecule has 17 heavy (non-hydrogen) atoms. The fraction of sp³-hybridized carbons (Fsp3) is 1.00. The van der Waals surface area contributed by atoms with E-state index in [1.165, 1.54) is 19.3 Å². The second kappa shape index (κ2) is 7.34. The number of rotatable bonds is 7. The third kappa shape index (κ3) is 6.38. The molecule has 1 aliphatic heterocycles. The molecule has 0 radical (unpaired) electrons. The zero-order valence-electron chi connectivity index (χ0n) is 11.1. The minimum atomic E-state index is -2.78. The highest BCUT2D eigenvalue weighted by molar-refractivity contribution is 7.91. The Balaban J connectivity index is 2.17. The monoisotopic (exact) mass is 262 g/mol. The first-order valence-corrected chi connectivity index (χ1v) is 8.48. The van der Waals surface area contributed by atoms with Crippen LogP contribution in [0.5, 0.6) is 0 Å². The van der Waals surface area contributed by atoms with Crippen LogP contribution in [0.15, 0.2) is 0 Å². The lowest BCUT2D eigenvalue weighted by Crippen LogP contribution is -2.46. The Labute approximate surface area is 106 Å². The number of unbranched alkanes of at least 4 members (excludes halogenated alkanes) is 2. The zero-order valence-corrected chi connectivity index (χ0v) is 11.9. The maximum atomic E-state index is 11.5. The van der Waals surface area contributed by atoms with Gasteiger partial charge < -0.3 is 10.2 Å². The summed E-state index contributed by atoms with van der Waals surface area (Å²) in [7, 11) is -0.664. The van der Waals surface area contributed by atoms with Gasteiger partial charge in [0.1, 0.15) is 0 Å². The van der Waals surface area contributed by atoms with Crippen LogP contribution in [0.25, 0.3) is 0 Å². The van der Waals surface area contributed by atoms with E-state index < -0.39 is 9.84 Å². The second-order valence-electron chi connectivity index (χ2n) is 5.06. The van der Waals surface area contributed by atoms with Gasteiger partial charge in [-0.05, 0) is 33.0 Å². The highest BCUT2D eigenvalue weighted by atomic mass is 32.2. The topological polar surface area (TPSA) is 49.4 Å². The summed E-state index contributed by atoms with van der Waals surface area (Å²) in [6, 6.07) is 0.155. The van der Waals surface area contributed by atoms with Crippen LogP contribution in [-0.4, -0.2) is 57.5 Å². The van der Waals surface area contributed by atoms with Crippen molar-refractivity contribution in [1.29, 1.82) is 0 Å². The molecule has 1 fully saturated rings. The lowest BCUT2D eigenvalue weighted by Gasteiger charge is -2.26. The van der Waals surface area contributed by atoms with E-state index in [-0.39, 0.29) is 6.04 Å². The van der Waals surface area contributed by atoms with Crippen molar-refractivity contribution < 1.29 is 8.42 Å². The lowest BCUT2D eigenvalue weighted by atomic mass is 10.2. The molecule has 102 valence electrons. The zero-order chi connectivity index (χ0) is 12.7. The van der Waals surface area contributed by atoms with Crippen molar-refractivity contribution in [2.45, 2.75) is 38.6 Å². The van der Waals surface area contributed by atoms with Crippen LogP contribution in [0.3, 0.4) is 0 Å². The predicted octanol–water partition coefficient (Wildman–Crippen LogP) is 0.885. The van der Waals surface area contributed by atoms with Crippen LogP contribution in [0.1, 0.15) is 32.6 Å². The van der Waals surface area contributed by atoms with Crippen LogP contribution < -0.4 is 5.32 Å². The average Bonchev–Trinajstić information content (AvgIpc) is 2.25. The van der Waals surface area contributed by atoms with Gasteiger partial charge in [0, 0.05) is 12.6 Å². The molecule has 1 atom stereocenters. The van der Waals surface area contributed by atoms with Gasteiger partial charge in [-0.3, -0.25) is 0 Å². The Morgan fingerprint density at radius 1 is 1.29 bits per heavy atom. The molecule has 1 rings (SSSR count). The number of hydrogen-bond acceptors (Lipinski definition) is 4. The van der Waals surface area contributed by atoms with E-state index in [2.05, 4.69) is 24.2 Å². The van der Waals surface area contributed by atoms with Gasteiger partial charge >= 0.3 is 0 Å². The summed E-state index contributed by atoms with van der Waals surface area (Å²) in [6.45, 7) is 4.92. The highest BCUT2D eigenvalue weighted by Gasteiger charge is 2.23. The highest BCUT2D eigenvalue weighted by Crippen LogP contribution is 2.06. The third-order valence-electron chi connectivity index (χ3n) is 3.30. The minimum absolute atomic E-state index is 0.155. The minimum Gasteiger partial charge on any atom is -0.312 e. The first-order valence-electron chi connectivity index (χ1n) is 6.66. The Kier molecular flexibility index (Phi) is 6.44. The van der Waals surface area contributed by atoms with Gasteiger partial charge in [-0.25, -0.2) is 8.42 Å². The van der Waals surface area contributed by atoms with Crippen molar-refractivity contribution in [2.75, 3.05) is 38.2 Å². The van der Waals surface area contributed by atoms with Crippen molar-refractivity contribution in [2.24, 2.45) is 0 Å². The summed E-state index contributed by atoms with van der Waals surface area (Å²) in [4.78, 5) is 2.30. The number of hydrogen-bond donors (Lipinski definition) is 1. The summed E-state index contributed by atoms with van der Waals surface area (Å²) in [5.41, 5.74) is 0. The molecule has 0 amide bonds. The summed E-state index contributed by atoms with van der Waals surface area (Å²) < 4.78 is 22.9. The molecule has 4 nitrogen and oxygen atoms in total. The van der Waals surface area contributed by atoms with Crippen molar-refractivity contribution >= 4 is 9.84 Å². The number of nitrogens with one attached hydrogen (secondary N) is 1. The SMILES string of the molecule is CCCCCN(C)CCC1CS(=O)(=O)CCN1.